The molecule has 0 aliphatic carbocycles. The van der Waals surface area contributed by atoms with Crippen LogP contribution in [0.2, 0.25) is 0 Å². The lowest BCUT2D eigenvalue weighted by Crippen LogP contribution is -2.01. The molecule has 0 N–H and O–H groups in total. The molecule has 0 aliphatic rings. The molecule has 63 heavy (non-hydrogen) atoms. The second-order valence-electron chi connectivity index (χ2n) is 15.7. The van der Waals surface area contributed by atoms with Gasteiger partial charge in [-0.1, -0.05) is 153 Å². The van der Waals surface area contributed by atoms with Gasteiger partial charge in [0.15, 0.2) is 17.5 Å². The van der Waals surface area contributed by atoms with Gasteiger partial charge in [-0.25, -0.2) is 19.9 Å². The van der Waals surface area contributed by atoms with Gasteiger partial charge in [0.05, 0.1) is 28.4 Å². The van der Waals surface area contributed by atoms with Gasteiger partial charge in [-0.3, -0.25) is 4.57 Å². The van der Waals surface area contributed by atoms with Crippen molar-refractivity contribution in [3.8, 4) is 79.3 Å². The minimum absolute atomic E-state index is 0.575. The number of para-hydroxylation sites is 2. The number of fused-ring (bicyclic) bond motifs is 3. The van der Waals surface area contributed by atoms with E-state index in [1.165, 1.54) is 21.7 Å². The van der Waals surface area contributed by atoms with E-state index in [0.717, 1.165) is 78.9 Å². The molecule has 0 spiro atoms. The van der Waals surface area contributed by atoms with Crippen LogP contribution in [0.3, 0.4) is 0 Å². The van der Waals surface area contributed by atoms with Gasteiger partial charge in [-0.05, 0) is 104 Å². The molecule has 2 aromatic heterocycles. The Morgan fingerprint density at radius 2 is 0.984 bits per heavy atom. The van der Waals surface area contributed by atoms with Gasteiger partial charge >= 0.3 is 0 Å². The smallest absolute Gasteiger partial charge is 0.164 e. The molecule has 0 saturated carbocycles. The fraction of sp³-hybridized carbons (Fsp3) is 0.0351. The predicted molar refractivity (Wildman–Crippen MR) is 256 cm³/mol. The summed E-state index contributed by atoms with van der Waals surface area (Å²) in [6.45, 7) is 2.17. The standard InChI is InChI=1S/C57H38N6/c1-2-54-59-51-23-8-9-24-53(51)63(54)52-30-29-48(49-21-6-7-22-50(49)52)44-28-26-38-25-27-43(34-47(38)35-44)42-18-12-20-46(33-42)57-61-55(39-14-4-3-5-15-39)60-56(62-57)45-19-11-17-41(32-45)40-16-10-13-37(31-40)36-58/h3-35H,2H2,1H3. The molecule has 6 heteroatoms. The van der Waals surface area contributed by atoms with Crippen molar-refractivity contribution in [2.24, 2.45) is 0 Å². The van der Waals surface area contributed by atoms with Crippen molar-refractivity contribution >= 4 is 32.6 Å². The second-order valence-corrected chi connectivity index (χ2v) is 15.7. The first-order valence-electron chi connectivity index (χ1n) is 21.2. The first-order chi connectivity index (χ1) is 31.1. The first-order valence-corrected chi connectivity index (χ1v) is 21.2. The molecule has 0 unspecified atom stereocenters. The van der Waals surface area contributed by atoms with Crippen LogP contribution in [-0.2, 0) is 6.42 Å². The molecule has 0 fully saturated rings. The van der Waals surface area contributed by atoms with Gasteiger partial charge in [-0.15, -0.1) is 0 Å². The maximum absolute atomic E-state index is 9.53. The van der Waals surface area contributed by atoms with E-state index >= 15 is 0 Å². The van der Waals surface area contributed by atoms with Crippen LogP contribution in [0.15, 0.2) is 200 Å². The molecule has 0 atom stereocenters. The highest BCUT2D eigenvalue weighted by atomic mass is 15.1. The van der Waals surface area contributed by atoms with Crippen LogP contribution < -0.4 is 0 Å². The van der Waals surface area contributed by atoms with Crippen molar-refractivity contribution in [1.82, 2.24) is 24.5 Å². The van der Waals surface area contributed by atoms with Crippen molar-refractivity contribution < 1.29 is 0 Å². The molecule has 0 bridgehead atoms. The molecular weight excluding hydrogens is 769 g/mol. The lowest BCUT2D eigenvalue weighted by molar-refractivity contribution is 0.913. The Balaban J connectivity index is 0.975. The number of hydrogen-bond donors (Lipinski definition) is 0. The van der Waals surface area contributed by atoms with Crippen LogP contribution in [0.5, 0.6) is 0 Å². The van der Waals surface area contributed by atoms with Gasteiger partial charge in [0.2, 0.25) is 0 Å². The highest BCUT2D eigenvalue weighted by Crippen LogP contribution is 2.37. The average molecular weight is 807 g/mol. The maximum Gasteiger partial charge on any atom is 0.164 e. The molecule has 9 aromatic carbocycles. The number of hydrogen-bond acceptors (Lipinski definition) is 5. The zero-order valence-electron chi connectivity index (χ0n) is 34.4. The molecule has 0 amide bonds. The molecule has 11 rings (SSSR count). The molecule has 6 nitrogen and oxygen atoms in total. The van der Waals surface area contributed by atoms with Gasteiger partial charge in [-0.2, -0.15) is 5.26 Å². The van der Waals surface area contributed by atoms with E-state index in [9.17, 15) is 5.26 Å². The largest absolute Gasteiger partial charge is 0.296 e. The van der Waals surface area contributed by atoms with Gasteiger partial charge in [0, 0.05) is 28.5 Å². The SMILES string of the molecule is CCc1nc2ccccc2n1-c1ccc(-c2ccc3ccc(-c4cccc(-c5nc(-c6ccccc6)nc(-c6cccc(-c7cccc(C#N)c7)c6)n5)c4)cc3c2)c2ccccc12. The Morgan fingerprint density at radius 3 is 1.70 bits per heavy atom. The normalized spacial score (nSPS) is 11.3. The highest BCUT2D eigenvalue weighted by molar-refractivity contribution is 6.04. The molecule has 0 radical (unpaired) electrons. The fourth-order valence-electron chi connectivity index (χ4n) is 8.70. The average Bonchev–Trinajstić information content (AvgIpc) is 3.74. The molecule has 296 valence electrons. The quantitative estimate of drug-likeness (QED) is 0.153. The Morgan fingerprint density at radius 1 is 0.429 bits per heavy atom. The summed E-state index contributed by atoms with van der Waals surface area (Å²) >= 11 is 0. The number of rotatable bonds is 8. The highest BCUT2D eigenvalue weighted by Gasteiger charge is 2.17. The molecule has 0 saturated heterocycles. The Kier molecular flexibility index (Phi) is 9.41. The summed E-state index contributed by atoms with van der Waals surface area (Å²) in [4.78, 5) is 20.1. The summed E-state index contributed by atoms with van der Waals surface area (Å²) in [5.41, 5.74) is 13.0. The fourth-order valence-corrected chi connectivity index (χ4v) is 8.70. The molecule has 11 aromatic rings. The first kappa shape index (κ1) is 37.5. The van der Waals surface area contributed by atoms with E-state index in [4.69, 9.17) is 19.9 Å². The third-order valence-electron chi connectivity index (χ3n) is 11.8. The van der Waals surface area contributed by atoms with Crippen LogP contribution in [0, 0.1) is 11.3 Å². The molecule has 2 heterocycles. The number of aromatic nitrogens is 5. The van der Waals surface area contributed by atoms with Crippen molar-refractivity contribution in [3.63, 3.8) is 0 Å². The number of aryl methyl sites for hydroxylation is 1. The summed E-state index contributed by atoms with van der Waals surface area (Å²) in [5.74, 6) is 2.81. The Labute approximate surface area is 365 Å². The summed E-state index contributed by atoms with van der Waals surface area (Å²) in [5, 5.41) is 14.3. The zero-order valence-corrected chi connectivity index (χ0v) is 34.4. The van der Waals surface area contributed by atoms with Crippen LogP contribution in [-0.4, -0.2) is 24.5 Å². The maximum atomic E-state index is 9.53. The number of imidazole rings is 1. The molecular formula is C57H38N6. The van der Waals surface area contributed by atoms with Crippen molar-refractivity contribution in [2.45, 2.75) is 13.3 Å². The van der Waals surface area contributed by atoms with E-state index in [2.05, 4.69) is 145 Å². The van der Waals surface area contributed by atoms with Gasteiger partial charge in [0.1, 0.15) is 5.82 Å². The van der Waals surface area contributed by atoms with Crippen LogP contribution in [0.25, 0.3) is 106 Å². The number of nitrogens with zero attached hydrogens (tertiary/aromatic N) is 6. The lowest BCUT2D eigenvalue weighted by atomic mass is 9.94. The minimum atomic E-state index is 0.575. The molecule has 0 aliphatic heterocycles. The van der Waals surface area contributed by atoms with E-state index in [1.54, 1.807) is 0 Å². The van der Waals surface area contributed by atoms with E-state index < -0.39 is 0 Å². The van der Waals surface area contributed by atoms with E-state index in [1.807, 2.05) is 72.8 Å². The van der Waals surface area contributed by atoms with Crippen molar-refractivity contribution in [1.29, 1.82) is 5.26 Å². The van der Waals surface area contributed by atoms with Crippen molar-refractivity contribution in [2.75, 3.05) is 0 Å². The predicted octanol–water partition coefficient (Wildman–Crippen LogP) is 14.0. The van der Waals surface area contributed by atoms with Crippen LogP contribution >= 0.6 is 0 Å². The van der Waals surface area contributed by atoms with Crippen LogP contribution in [0.1, 0.15) is 18.3 Å². The summed E-state index contributed by atoms with van der Waals surface area (Å²) < 4.78 is 2.32. The Bertz CT molecular complexity index is 3580. The van der Waals surface area contributed by atoms with E-state index in [-0.39, 0.29) is 0 Å². The third-order valence-corrected chi connectivity index (χ3v) is 11.8. The summed E-state index contributed by atoms with van der Waals surface area (Å²) in [6.07, 6.45) is 0.835. The number of nitriles is 1. The topological polar surface area (TPSA) is 80.3 Å². The van der Waals surface area contributed by atoms with Gasteiger partial charge in [0.25, 0.3) is 0 Å². The third kappa shape index (κ3) is 6.98. The lowest BCUT2D eigenvalue weighted by Gasteiger charge is -2.15. The van der Waals surface area contributed by atoms with E-state index in [0.29, 0.717) is 23.0 Å². The van der Waals surface area contributed by atoms with Crippen molar-refractivity contribution in [3.05, 3.63) is 212 Å². The monoisotopic (exact) mass is 806 g/mol. The zero-order chi connectivity index (χ0) is 42.3. The van der Waals surface area contributed by atoms with Gasteiger partial charge < -0.3 is 0 Å². The summed E-state index contributed by atoms with van der Waals surface area (Å²) in [6, 6.07) is 71.5. The second kappa shape index (κ2) is 15.8. The Hall–Kier alpha value is -8.53. The summed E-state index contributed by atoms with van der Waals surface area (Å²) in [7, 11) is 0. The van der Waals surface area contributed by atoms with Crippen LogP contribution in [0.4, 0.5) is 0 Å². The minimum Gasteiger partial charge on any atom is -0.296 e. The number of benzene rings is 9.